The van der Waals surface area contributed by atoms with Gasteiger partial charge >= 0.3 is 0 Å². The fourth-order valence-corrected chi connectivity index (χ4v) is 2.20. The Balaban J connectivity index is 2.28. The molecule has 0 radical (unpaired) electrons. The first kappa shape index (κ1) is 10.8. The Hall–Kier alpha value is -2.36. The van der Waals surface area contributed by atoms with Crippen LogP contribution in [0.5, 0.6) is 0 Å². The minimum Gasteiger partial charge on any atom is -0.397 e. The third-order valence-electron chi connectivity index (χ3n) is 2.99. The van der Waals surface area contributed by atoms with Crippen molar-refractivity contribution in [3.63, 3.8) is 0 Å². The molecule has 18 heavy (non-hydrogen) atoms. The molecule has 3 rings (SSSR count). The van der Waals surface area contributed by atoms with E-state index in [0.717, 1.165) is 29.0 Å². The number of hydrogen-bond donors (Lipinski definition) is 1. The average Bonchev–Trinajstić information content (AvgIpc) is 2.77. The number of aromatic nitrogens is 3. The standard InChI is InChI=1S/C14H14N4/c1-2-18-13-6-4-3-5-12(13)17-14(18)10-7-11(15)9-16-8-10/h3-9H,2,15H2,1H3. The highest BCUT2D eigenvalue weighted by Crippen LogP contribution is 2.25. The number of anilines is 1. The van der Waals surface area contributed by atoms with Gasteiger partial charge in [-0.1, -0.05) is 12.1 Å². The van der Waals surface area contributed by atoms with E-state index in [1.54, 1.807) is 12.4 Å². The lowest BCUT2D eigenvalue weighted by atomic mass is 10.2. The van der Waals surface area contributed by atoms with Crippen LogP contribution in [0.1, 0.15) is 6.92 Å². The highest BCUT2D eigenvalue weighted by atomic mass is 15.1. The molecule has 0 atom stereocenters. The number of hydrogen-bond acceptors (Lipinski definition) is 3. The molecule has 4 heteroatoms. The summed E-state index contributed by atoms with van der Waals surface area (Å²) in [5.41, 5.74) is 9.52. The highest BCUT2D eigenvalue weighted by Gasteiger charge is 2.11. The van der Waals surface area contributed by atoms with Gasteiger partial charge in [0.1, 0.15) is 5.82 Å². The summed E-state index contributed by atoms with van der Waals surface area (Å²) in [6.45, 7) is 2.97. The zero-order valence-corrected chi connectivity index (χ0v) is 10.2. The maximum atomic E-state index is 5.78. The van der Waals surface area contributed by atoms with E-state index in [0.29, 0.717) is 5.69 Å². The van der Waals surface area contributed by atoms with E-state index in [1.807, 2.05) is 24.3 Å². The summed E-state index contributed by atoms with van der Waals surface area (Å²) in [4.78, 5) is 8.79. The molecular weight excluding hydrogens is 224 g/mol. The SMILES string of the molecule is CCn1c(-c2cncc(N)c2)nc2ccccc21. The quantitative estimate of drug-likeness (QED) is 0.746. The largest absolute Gasteiger partial charge is 0.397 e. The first-order chi connectivity index (χ1) is 8.79. The van der Waals surface area contributed by atoms with Crippen molar-refractivity contribution in [1.29, 1.82) is 0 Å². The molecule has 0 amide bonds. The smallest absolute Gasteiger partial charge is 0.142 e. The third kappa shape index (κ3) is 1.62. The first-order valence-corrected chi connectivity index (χ1v) is 5.95. The number of nitrogens with two attached hydrogens (primary N) is 1. The molecule has 0 spiro atoms. The van der Waals surface area contributed by atoms with Crippen molar-refractivity contribution < 1.29 is 0 Å². The third-order valence-corrected chi connectivity index (χ3v) is 2.99. The minimum atomic E-state index is 0.655. The van der Waals surface area contributed by atoms with Gasteiger partial charge in [-0.25, -0.2) is 4.98 Å². The Labute approximate surface area is 105 Å². The summed E-state index contributed by atoms with van der Waals surface area (Å²) < 4.78 is 2.17. The van der Waals surface area contributed by atoms with E-state index >= 15 is 0 Å². The maximum Gasteiger partial charge on any atom is 0.142 e. The van der Waals surface area contributed by atoms with Gasteiger partial charge in [0.25, 0.3) is 0 Å². The van der Waals surface area contributed by atoms with Gasteiger partial charge in [-0.2, -0.15) is 0 Å². The summed E-state index contributed by atoms with van der Waals surface area (Å²) in [6.07, 6.45) is 3.44. The Morgan fingerprint density at radius 2 is 2.06 bits per heavy atom. The van der Waals surface area contributed by atoms with Crippen LogP contribution in [0.2, 0.25) is 0 Å². The number of nitrogens with zero attached hydrogens (tertiary/aromatic N) is 3. The van der Waals surface area contributed by atoms with Crippen LogP contribution in [0.25, 0.3) is 22.4 Å². The summed E-state index contributed by atoms with van der Waals surface area (Å²) in [5.74, 6) is 0.915. The number of para-hydroxylation sites is 2. The molecule has 0 aliphatic rings. The van der Waals surface area contributed by atoms with Crippen molar-refractivity contribution in [2.24, 2.45) is 0 Å². The van der Waals surface area contributed by atoms with E-state index in [-0.39, 0.29) is 0 Å². The molecule has 0 saturated carbocycles. The van der Waals surface area contributed by atoms with Crippen molar-refractivity contribution >= 4 is 16.7 Å². The first-order valence-electron chi connectivity index (χ1n) is 5.95. The molecule has 2 aromatic heterocycles. The van der Waals surface area contributed by atoms with Crippen LogP contribution in [0.4, 0.5) is 5.69 Å². The van der Waals surface area contributed by atoms with Gasteiger partial charge in [-0.05, 0) is 25.1 Å². The molecule has 0 saturated heterocycles. The van der Waals surface area contributed by atoms with E-state index in [4.69, 9.17) is 5.73 Å². The van der Waals surface area contributed by atoms with Gasteiger partial charge in [0.2, 0.25) is 0 Å². The second-order valence-electron chi connectivity index (χ2n) is 4.18. The topological polar surface area (TPSA) is 56.7 Å². The van der Waals surface area contributed by atoms with Gasteiger partial charge in [0.05, 0.1) is 16.7 Å². The normalized spacial score (nSPS) is 10.9. The number of benzene rings is 1. The monoisotopic (exact) mass is 238 g/mol. The lowest BCUT2D eigenvalue weighted by Crippen LogP contribution is -1.98. The van der Waals surface area contributed by atoms with Crippen LogP contribution < -0.4 is 5.73 Å². The zero-order chi connectivity index (χ0) is 12.5. The number of fused-ring (bicyclic) bond motifs is 1. The van der Waals surface area contributed by atoms with E-state index < -0.39 is 0 Å². The van der Waals surface area contributed by atoms with Gasteiger partial charge in [-0.3, -0.25) is 4.98 Å². The lowest BCUT2D eigenvalue weighted by Gasteiger charge is -2.06. The molecule has 0 fully saturated rings. The van der Waals surface area contributed by atoms with E-state index in [2.05, 4.69) is 27.5 Å². The van der Waals surface area contributed by atoms with Crippen LogP contribution in [-0.2, 0) is 6.54 Å². The molecule has 2 N–H and O–H groups in total. The van der Waals surface area contributed by atoms with Crippen molar-refractivity contribution in [2.45, 2.75) is 13.5 Å². The predicted octanol–water partition coefficient (Wildman–Crippen LogP) is 2.70. The fraction of sp³-hybridized carbons (Fsp3) is 0.143. The van der Waals surface area contributed by atoms with Crippen molar-refractivity contribution in [3.05, 3.63) is 42.7 Å². The molecule has 0 aliphatic heterocycles. The van der Waals surface area contributed by atoms with Gasteiger partial charge in [0.15, 0.2) is 0 Å². The molecular formula is C14H14N4. The maximum absolute atomic E-state index is 5.78. The average molecular weight is 238 g/mol. The van der Waals surface area contributed by atoms with Gasteiger partial charge < -0.3 is 10.3 Å². The Bertz CT molecular complexity index is 700. The minimum absolute atomic E-state index is 0.655. The Kier molecular flexibility index (Phi) is 2.48. The van der Waals surface area contributed by atoms with Crippen molar-refractivity contribution in [2.75, 3.05) is 5.73 Å². The van der Waals surface area contributed by atoms with Crippen LogP contribution in [0, 0.1) is 0 Å². The number of aryl methyl sites for hydroxylation is 1. The molecule has 3 aromatic rings. The molecule has 4 nitrogen and oxygen atoms in total. The van der Waals surface area contributed by atoms with Crippen LogP contribution in [0.15, 0.2) is 42.7 Å². The van der Waals surface area contributed by atoms with Crippen LogP contribution in [-0.4, -0.2) is 14.5 Å². The van der Waals surface area contributed by atoms with Crippen molar-refractivity contribution in [1.82, 2.24) is 14.5 Å². The fourth-order valence-electron chi connectivity index (χ4n) is 2.20. The summed E-state index contributed by atoms with van der Waals surface area (Å²) in [7, 11) is 0. The summed E-state index contributed by atoms with van der Waals surface area (Å²) >= 11 is 0. The molecule has 1 aromatic carbocycles. The van der Waals surface area contributed by atoms with Crippen molar-refractivity contribution in [3.8, 4) is 11.4 Å². The molecule has 0 aliphatic carbocycles. The molecule has 0 bridgehead atoms. The second-order valence-corrected chi connectivity index (χ2v) is 4.18. The summed E-state index contributed by atoms with van der Waals surface area (Å²) in [5, 5.41) is 0. The molecule has 0 unspecified atom stereocenters. The van der Waals surface area contributed by atoms with Crippen LogP contribution in [0.3, 0.4) is 0 Å². The van der Waals surface area contributed by atoms with Gasteiger partial charge in [-0.15, -0.1) is 0 Å². The highest BCUT2D eigenvalue weighted by molar-refractivity contribution is 5.80. The Morgan fingerprint density at radius 3 is 2.83 bits per heavy atom. The second kappa shape index (κ2) is 4.14. The van der Waals surface area contributed by atoms with E-state index in [9.17, 15) is 0 Å². The molecule has 2 heterocycles. The zero-order valence-electron chi connectivity index (χ0n) is 10.2. The van der Waals surface area contributed by atoms with E-state index in [1.165, 1.54) is 0 Å². The Morgan fingerprint density at radius 1 is 1.22 bits per heavy atom. The number of rotatable bonds is 2. The number of pyridine rings is 1. The summed E-state index contributed by atoms with van der Waals surface area (Å²) in [6, 6.07) is 10.0. The number of imidazole rings is 1. The molecule has 90 valence electrons. The van der Waals surface area contributed by atoms with Crippen LogP contribution >= 0.6 is 0 Å². The number of nitrogen functional groups attached to an aromatic ring is 1. The van der Waals surface area contributed by atoms with Gasteiger partial charge in [0, 0.05) is 24.5 Å². The predicted molar refractivity (Wildman–Crippen MR) is 73.1 cm³/mol. The lowest BCUT2D eigenvalue weighted by molar-refractivity contribution is 0.796.